The zero-order valence-corrected chi connectivity index (χ0v) is 13.8. The van der Waals surface area contributed by atoms with Crippen molar-refractivity contribution in [3.63, 3.8) is 0 Å². The topological polar surface area (TPSA) is 88.0 Å². The van der Waals surface area contributed by atoms with Crippen molar-refractivity contribution < 1.29 is 4.79 Å². The van der Waals surface area contributed by atoms with Gasteiger partial charge in [0, 0.05) is 13.1 Å². The lowest BCUT2D eigenvalue weighted by atomic mass is 10.2. The van der Waals surface area contributed by atoms with Crippen LogP contribution in [0.4, 0.5) is 0 Å². The lowest BCUT2D eigenvalue weighted by Crippen LogP contribution is -2.45. The molecule has 0 saturated carbocycles. The number of amides is 1. The van der Waals surface area contributed by atoms with E-state index in [2.05, 4.69) is 21.2 Å². The van der Waals surface area contributed by atoms with E-state index in [1.165, 1.54) is 16.3 Å². The second kappa shape index (κ2) is 6.69. The minimum atomic E-state index is -0.103. The molecule has 0 spiro atoms. The van der Waals surface area contributed by atoms with Gasteiger partial charge in [-0.2, -0.15) is 0 Å². The SMILES string of the molecule is CC1CC(NC(=O)CSc2nc3ccccc3c(=O)n2C)NN1. The van der Waals surface area contributed by atoms with Crippen LogP contribution in [-0.2, 0) is 11.8 Å². The Morgan fingerprint density at radius 2 is 2.22 bits per heavy atom. The summed E-state index contributed by atoms with van der Waals surface area (Å²) in [5, 5.41) is 4.02. The van der Waals surface area contributed by atoms with Gasteiger partial charge < -0.3 is 5.32 Å². The Kier molecular flexibility index (Phi) is 4.65. The smallest absolute Gasteiger partial charge is 0.261 e. The predicted molar refractivity (Wildman–Crippen MR) is 90.0 cm³/mol. The first-order valence-corrected chi connectivity index (χ1v) is 8.42. The maximum atomic E-state index is 12.3. The number of rotatable bonds is 4. The van der Waals surface area contributed by atoms with Crippen LogP contribution in [0.1, 0.15) is 13.3 Å². The van der Waals surface area contributed by atoms with Gasteiger partial charge in [-0.15, -0.1) is 0 Å². The molecular formula is C15H19N5O2S. The number of benzene rings is 1. The van der Waals surface area contributed by atoms with Crippen molar-refractivity contribution >= 4 is 28.6 Å². The van der Waals surface area contributed by atoms with E-state index < -0.39 is 0 Å². The average Bonchev–Trinajstić information content (AvgIpc) is 2.94. The van der Waals surface area contributed by atoms with Crippen LogP contribution >= 0.6 is 11.8 Å². The quantitative estimate of drug-likeness (QED) is 0.553. The first kappa shape index (κ1) is 16.0. The summed E-state index contributed by atoms with van der Waals surface area (Å²) in [6.45, 7) is 2.04. The van der Waals surface area contributed by atoms with E-state index in [4.69, 9.17) is 0 Å². The van der Waals surface area contributed by atoms with Crippen LogP contribution in [0.15, 0.2) is 34.2 Å². The van der Waals surface area contributed by atoms with Crippen molar-refractivity contribution in [2.45, 2.75) is 30.7 Å². The number of carbonyl (C=O) groups excluding carboxylic acids is 1. The molecule has 1 fully saturated rings. The second-order valence-electron chi connectivity index (χ2n) is 5.61. The molecule has 2 unspecified atom stereocenters. The lowest BCUT2D eigenvalue weighted by molar-refractivity contribution is -0.119. The van der Waals surface area contributed by atoms with Crippen molar-refractivity contribution in [1.29, 1.82) is 0 Å². The number of hydrazine groups is 1. The number of carbonyl (C=O) groups is 1. The third-order valence-corrected chi connectivity index (χ3v) is 4.73. The molecule has 1 saturated heterocycles. The molecule has 1 aromatic carbocycles. The summed E-state index contributed by atoms with van der Waals surface area (Å²) in [7, 11) is 1.67. The molecule has 0 radical (unpaired) electrons. The van der Waals surface area contributed by atoms with Gasteiger partial charge in [0.2, 0.25) is 5.91 Å². The molecule has 7 nitrogen and oxygen atoms in total. The minimum Gasteiger partial charge on any atom is -0.339 e. The van der Waals surface area contributed by atoms with Gasteiger partial charge in [-0.1, -0.05) is 23.9 Å². The van der Waals surface area contributed by atoms with Gasteiger partial charge in [0.25, 0.3) is 5.56 Å². The first-order valence-electron chi connectivity index (χ1n) is 7.43. The molecule has 1 aromatic heterocycles. The molecule has 8 heteroatoms. The van der Waals surface area contributed by atoms with E-state index in [9.17, 15) is 9.59 Å². The van der Waals surface area contributed by atoms with Crippen LogP contribution in [0.25, 0.3) is 10.9 Å². The zero-order valence-electron chi connectivity index (χ0n) is 13.0. The Labute approximate surface area is 137 Å². The molecule has 122 valence electrons. The third kappa shape index (κ3) is 3.54. The highest BCUT2D eigenvalue weighted by Crippen LogP contribution is 2.16. The zero-order chi connectivity index (χ0) is 16.4. The van der Waals surface area contributed by atoms with Gasteiger partial charge in [-0.25, -0.2) is 10.4 Å². The molecule has 3 N–H and O–H groups in total. The van der Waals surface area contributed by atoms with E-state index >= 15 is 0 Å². The van der Waals surface area contributed by atoms with Crippen LogP contribution in [0.5, 0.6) is 0 Å². The summed E-state index contributed by atoms with van der Waals surface area (Å²) in [6, 6.07) is 7.55. The van der Waals surface area contributed by atoms with E-state index in [1.54, 1.807) is 19.2 Å². The highest BCUT2D eigenvalue weighted by Gasteiger charge is 2.21. The molecule has 1 aliphatic rings. The fourth-order valence-electron chi connectivity index (χ4n) is 2.50. The van der Waals surface area contributed by atoms with E-state index in [0.29, 0.717) is 22.1 Å². The second-order valence-corrected chi connectivity index (χ2v) is 6.55. The molecule has 0 aliphatic carbocycles. The summed E-state index contributed by atoms with van der Waals surface area (Å²) < 4.78 is 1.48. The predicted octanol–water partition coefficient (Wildman–Crippen LogP) is 0.354. The molecule has 2 atom stereocenters. The van der Waals surface area contributed by atoms with E-state index in [1.807, 2.05) is 19.1 Å². The fraction of sp³-hybridized carbons (Fsp3) is 0.400. The summed E-state index contributed by atoms with van der Waals surface area (Å²) in [6.07, 6.45) is 0.773. The summed E-state index contributed by atoms with van der Waals surface area (Å²) in [5.41, 5.74) is 6.62. The van der Waals surface area contributed by atoms with Crippen molar-refractivity contribution in [2.75, 3.05) is 5.75 Å². The standard InChI is InChI=1S/C15H19N5O2S/c1-9-7-12(19-18-9)17-13(21)8-23-15-16-11-6-4-3-5-10(11)14(22)20(15)2/h3-6,9,12,18-19H,7-8H2,1-2H3,(H,17,21). The number of para-hydroxylation sites is 1. The molecule has 1 amide bonds. The molecule has 2 heterocycles. The van der Waals surface area contributed by atoms with Gasteiger partial charge in [-0.3, -0.25) is 19.6 Å². The average molecular weight is 333 g/mol. The first-order chi connectivity index (χ1) is 11.0. The number of fused-ring (bicyclic) bond motifs is 1. The van der Waals surface area contributed by atoms with Crippen molar-refractivity contribution in [2.24, 2.45) is 7.05 Å². The van der Waals surface area contributed by atoms with Crippen LogP contribution in [-0.4, -0.2) is 33.4 Å². The molecule has 3 rings (SSSR count). The lowest BCUT2D eigenvalue weighted by Gasteiger charge is -2.12. The molecule has 23 heavy (non-hydrogen) atoms. The maximum Gasteiger partial charge on any atom is 0.261 e. The monoisotopic (exact) mass is 333 g/mol. The van der Waals surface area contributed by atoms with Crippen LogP contribution in [0.2, 0.25) is 0 Å². The van der Waals surface area contributed by atoms with Gasteiger partial charge in [0.1, 0.15) is 0 Å². The Bertz CT molecular complexity index is 791. The fourth-order valence-corrected chi connectivity index (χ4v) is 3.29. The molecule has 2 aromatic rings. The molecule has 1 aliphatic heterocycles. The van der Waals surface area contributed by atoms with Gasteiger partial charge >= 0.3 is 0 Å². The Hall–Kier alpha value is -1.90. The summed E-state index contributed by atoms with van der Waals surface area (Å²) >= 11 is 1.26. The number of nitrogens with one attached hydrogen (secondary N) is 3. The largest absolute Gasteiger partial charge is 0.339 e. The normalized spacial score (nSPS) is 20.8. The Morgan fingerprint density at radius 3 is 2.96 bits per heavy atom. The van der Waals surface area contributed by atoms with E-state index in [0.717, 1.165) is 6.42 Å². The number of hydrogen-bond acceptors (Lipinski definition) is 6. The van der Waals surface area contributed by atoms with Crippen LogP contribution in [0.3, 0.4) is 0 Å². The van der Waals surface area contributed by atoms with Crippen molar-refractivity contribution in [1.82, 2.24) is 25.7 Å². The molecular weight excluding hydrogens is 314 g/mol. The number of aromatic nitrogens is 2. The van der Waals surface area contributed by atoms with Gasteiger partial charge in [-0.05, 0) is 25.5 Å². The van der Waals surface area contributed by atoms with Gasteiger partial charge in [0.05, 0.1) is 22.8 Å². The minimum absolute atomic E-state index is 0.0634. The number of hydrogen-bond donors (Lipinski definition) is 3. The number of thioether (sulfide) groups is 1. The van der Waals surface area contributed by atoms with E-state index in [-0.39, 0.29) is 23.4 Å². The summed E-state index contributed by atoms with van der Waals surface area (Å²) in [5.74, 6) is 0.122. The third-order valence-electron chi connectivity index (χ3n) is 3.70. The number of nitrogens with zero attached hydrogens (tertiary/aromatic N) is 2. The molecule has 0 bridgehead atoms. The Balaban J connectivity index is 1.68. The highest BCUT2D eigenvalue weighted by atomic mass is 32.2. The van der Waals surface area contributed by atoms with Crippen LogP contribution in [0, 0.1) is 0 Å². The van der Waals surface area contributed by atoms with Gasteiger partial charge in [0.15, 0.2) is 5.16 Å². The van der Waals surface area contributed by atoms with Crippen LogP contribution < -0.4 is 21.7 Å². The highest BCUT2D eigenvalue weighted by molar-refractivity contribution is 7.99. The van der Waals surface area contributed by atoms with Crippen molar-refractivity contribution in [3.05, 3.63) is 34.6 Å². The maximum absolute atomic E-state index is 12.3. The van der Waals surface area contributed by atoms with Crippen molar-refractivity contribution in [3.8, 4) is 0 Å². The summed E-state index contributed by atoms with van der Waals surface area (Å²) in [4.78, 5) is 28.8. The Morgan fingerprint density at radius 1 is 1.43 bits per heavy atom.